The molecule has 0 saturated carbocycles. The van der Waals surface area contributed by atoms with Gasteiger partial charge in [0.25, 0.3) is 0 Å². The van der Waals surface area contributed by atoms with Crippen molar-refractivity contribution >= 4 is 23.1 Å². The summed E-state index contributed by atoms with van der Waals surface area (Å²) in [6.45, 7) is 8.71. The van der Waals surface area contributed by atoms with Crippen molar-refractivity contribution < 1.29 is 9.53 Å². The van der Waals surface area contributed by atoms with E-state index in [2.05, 4.69) is 19.2 Å². The minimum atomic E-state index is -0.723. The number of hydrogen-bond acceptors (Lipinski definition) is 3. The van der Waals surface area contributed by atoms with Gasteiger partial charge in [-0.1, -0.05) is 52.8 Å². The fraction of sp³-hybridized carbons (Fsp3) is 0.867. The molecule has 0 aromatic heterocycles. The first-order valence-corrected chi connectivity index (χ1v) is 7.86. The molecule has 3 N–H and O–H groups in total. The van der Waals surface area contributed by atoms with E-state index in [0.717, 1.165) is 12.8 Å². The molecule has 0 saturated heterocycles. The summed E-state index contributed by atoms with van der Waals surface area (Å²) in [7, 11) is 1.64. The van der Waals surface area contributed by atoms with E-state index in [9.17, 15) is 4.79 Å². The van der Waals surface area contributed by atoms with E-state index in [0.29, 0.717) is 30.4 Å². The van der Waals surface area contributed by atoms with E-state index in [1.165, 1.54) is 0 Å². The van der Waals surface area contributed by atoms with E-state index in [1.807, 2.05) is 13.8 Å². The lowest BCUT2D eigenvalue weighted by Gasteiger charge is -2.33. The molecular formula is C15H30N2O2S. The minimum absolute atomic E-state index is 0.0186. The Labute approximate surface area is 128 Å². The quantitative estimate of drug-likeness (QED) is 0.609. The van der Waals surface area contributed by atoms with E-state index < -0.39 is 5.41 Å². The van der Waals surface area contributed by atoms with Gasteiger partial charge in [0, 0.05) is 7.11 Å². The van der Waals surface area contributed by atoms with Gasteiger partial charge in [0.1, 0.15) is 0 Å². The summed E-state index contributed by atoms with van der Waals surface area (Å²) in [6.07, 6.45) is 3.14. The van der Waals surface area contributed by atoms with Crippen LogP contribution in [0.15, 0.2) is 0 Å². The second-order valence-corrected chi connectivity index (χ2v) is 6.17. The first-order chi connectivity index (χ1) is 9.35. The number of amides is 1. The average Bonchev–Trinajstić information content (AvgIpc) is 2.37. The molecule has 5 heteroatoms. The Morgan fingerprint density at radius 2 is 1.80 bits per heavy atom. The van der Waals surface area contributed by atoms with Gasteiger partial charge in [0.05, 0.1) is 23.1 Å². The molecule has 0 aromatic carbocycles. The van der Waals surface area contributed by atoms with Crippen molar-refractivity contribution in [2.75, 3.05) is 13.7 Å². The van der Waals surface area contributed by atoms with Crippen LogP contribution in [0.5, 0.6) is 0 Å². The minimum Gasteiger partial charge on any atom is -0.392 e. The largest absolute Gasteiger partial charge is 0.392 e. The molecular weight excluding hydrogens is 272 g/mol. The molecule has 1 amide bonds. The number of methoxy groups -OCH3 is 1. The van der Waals surface area contributed by atoms with Crippen molar-refractivity contribution in [3.63, 3.8) is 0 Å². The van der Waals surface area contributed by atoms with Gasteiger partial charge in [-0.3, -0.25) is 4.79 Å². The number of thiocarbonyl (C=S) groups is 1. The predicted molar refractivity (Wildman–Crippen MR) is 87.7 cm³/mol. The van der Waals surface area contributed by atoms with Crippen LogP contribution in [0.2, 0.25) is 0 Å². The zero-order valence-corrected chi connectivity index (χ0v) is 14.3. The molecule has 0 aromatic rings. The topological polar surface area (TPSA) is 64.3 Å². The van der Waals surface area contributed by atoms with Gasteiger partial charge < -0.3 is 15.8 Å². The molecule has 0 bridgehead atoms. The maximum Gasteiger partial charge on any atom is 0.233 e. The molecule has 0 aliphatic heterocycles. The second-order valence-electron chi connectivity index (χ2n) is 5.73. The van der Waals surface area contributed by atoms with Crippen LogP contribution in [0.25, 0.3) is 0 Å². The number of carbonyl (C=O) groups excluding carboxylic acids is 1. The van der Waals surface area contributed by atoms with Crippen molar-refractivity contribution in [1.29, 1.82) is 0 Å². The Morgan fingerprint density at radius 1 is 1.30 bits per heavy atom. The average molecular weight is 302 g/mol. The number of hydrogen-bond donors (Lipinski definition) is 2. The third kappa shape index (κ3) is 5.02. The molecule has 0 rings (SSSR count). The van der Waals surface area contributed by atoms with Crippen molar-refractivity contribution in [3.8, 4) is 0 Å². The lowest BCUT2D eigenvalue weighted by atomic mass is 9.77. The third-order valence-corrected chi connectivity index (χ3v) is 4.12. The van der Waals surface area contributed by atoms with Crippen LogP contribution in [-0.4, -0.2) is 30.7 Å². The van der Waals surface area contributed by atoms with Gasteiger partial charge in [0.15, 0.2) is 0 Å². The molecule has 0 aliphatic rings. The Morgan fingerprint density at radius 3 is 2.10 bits per heavy atom. The highest BCUT2D eigenvalue weighted by Gasteiger charge is 2.40. The summed E-state index contributed by atoms with van der Waals surface area (Å²) in [4.78, 5) is 13.0. The summed E-state index contributed by atoms with van der Waals surface area (Å²) in [5.74, 6) is 0.246. The van der Waals surface area contributed by atoms with Crippen molar-refractivity contribution in [2.45, 2.75) is 59.4 Å². The van der Waals surface area contributed by atoms with Gasteiger partial charge in [-0.05, 0) is 18.8 Å². The van der Waals surface area contributed by atoms with E-state index in [4.69, 9.17) is 22.7 Å². The smallest absolute Gasteiger partial charge is 0.233 e. The summed E-state index contributed by atoms with van der Waals surface area (Å²) in [6, 6.07) is -0.0186. The Hall–Kier alpha value is -0.680. The zero-order valence-electron chi connectivity index (χ0n) is 13.5. The Kier molecular flexibility index (Phi) is 8.98. The van der Waals surface area contributed by atoms with Crippen molar-refractivity contribution in [2.24, 2.45) is 17.1 Å². The number of rotatable bonds is 10. The van der Waals surface area contributed by atoms with Crippen LogP contribution >= 0.6 is 12.2 Å². The van der Waals surface area contributed by atoms with Crippen LogP contribution in [0, 0.1) is 11.3 Å². The summed E-state index contributed by atoms with van der Waals surface area (Å²) < 4.78 is 5.18. The zero-order chi connectivity index (χ0) is 15.8. The monoisotopic (exact) mass is 302 g/mol. The highest BCUT2D eigenvalue weighted by atomic mass is 32.1. The van der Waals surface area contributed by atoms with Crippen LogP contribution in [0.3, 0.4) is 0 Å². The first-order valence-electron chi connectivity index (χ1n) is 7.45. The van der Waals surface area contributed by atoms with E-state index in [-0.39, 0.29) is 11.9 Å². The van der Waals surface area contributed by atoms with Gasteiger partial charge in [0.2, 0.25) is 5.91 Å². The van der Waals surface area contributed by atoms with E-state index in [1.54, 1.807) is 7.11 Å². The fourth-order valence-electron chi connectivity index (χ4n) is 2.45. The number of carbonyl (C=O) groups is 1. The Bertz CT molecular complexity index is 313. The first kappa shape index (κ1) is 19.3. The number of ether oxygens (including phenoxy) is 1. The molecule has 0 fully saturated rings. The van der Waals surface area contributed by atoms with Crippen LogP contribution in [-0.2, 0) is 9.53 Å². The fourth-order valence-corrected chi connectivity index (χ4v) is 2.75. The molecule has 1 atom stereocenters. The maximum atomic E-state index is 12.7. The summed E-state index contributed by atoms with van der Waals surface area (Å²) >= 11 is 5.21. The molecule has 118 valence electrons. The van der Waals surface area contributed by atoms with Crippen molar-refractivity contribution in [3.05, 3.63) is 0 Å². The number of nitrogens with one attached hydrogen (secondary N) is 1. The van der Waals surface area contributed by atoms with Crippen LogP contribution < -0.4 is 11.1 Å². The normalized spacial score (nSPS) is 13.3. The van der Waals surface area contributed by atoms with E-state index >= 15 is 0 Å². The predicted octanol–water partition coefficient (Wildman–Crippen LogP) is 2.65. The molecule has 1 unspecified atom stereocenters. The van der Waals surface area contributed by atoms with Gasteiger partial charge in [-0.2, -0.15) is 0 Å². The SMILES string of the molecule is CCCC(CCC)(C(=O)NC(COC)C(C)C)C(N)=S. The molecule has 0 radical (unpaired) electrons. The lowest BCUT2D eigenvalue weighted by molar-refractivity contribution is -0.129. The second kappa shape index (κ2) is 9.29. The molecule has 20 heavy (non-hydrogen) atoms. The third-order valence-electron chi connectivity index (χ3n) is 3.73. The highest BCUT2D eigenvalue weighted by Crippen LogP contribution is 2.31. The van der Waals surface area contributed by atoms with Crippen LogP contribution in [0.1, 0.15) is 53.4 Å². The molecule has 0 aliphatic carbocycles. The maximum absolute atomic E-state index is 12.7. The van der Waals surface area contributed by atoms with Crippen molar-refractivity contribution in [1.82, 2.24) is 5.32 Å². The molecule has 0 spiro atoms. The van der Waals surface area contributed by atoms with Crippen LogP contribution in [0.4, 0.5) is 0 Å². The lowest BCUT2D eigenvalue weighted by Crippen LogP contribution is -2.53. The highest BCUT2D eigenvalue weighted by molar-refractivity contribution is 7.80. The molecule has 0 heterocycles. The molecule has 4 nitrogen and oxygen atoms in total. The summed E-state index contributed by atoms with van der Waals surface area (Å²) in [5.41, 5.74) is 5.19. The Balaban J connectivity index is 5.15. The van der Waals surface area contributed by atoms with Gasteiger partial charge >= 0.3 is 0 Å². The van der Waals surface area contributed by atoms with Gasteiger partial charge in [-0.25, -0.2) is 0 Å². The van der Waals surface area contributed by atoms with Gasteiger partial charge in [-0.15, -0.1) is 0 Å². The number of nitrogens with two attached hydrogens (primary N) is 1. The summed E-state index contributed by atoms with van der Waals surface area (Å²) in [5, 5.41) is 3.08. The standard InChI is InChI=1S/C15H30N2O2S/c1-6-8-15(9-7-2,13(16)20)14(18)17-12(10-19-5)11(3)4/h11-12H,6-10H2,1-5H3,(H2,16,20)(H,17,18).